The average molecular weight is 536 g/mol. The predicted molar refractivity (Wildman–Crippen MR) is 146 cm³/mol. The largest absolute Gasteiger partial charge is 0.416 e. The second-order valence-corrected chi connectivity index (χ2v) is 10.1. The van der Waals surface area contributed by atoms with Crippen molar-refractivity contribution in [2.45, 2.75) is 33.0 Å². The number of hydrogen-bond donors (Lipinski definition) is 1. The quantitative estimate of drug-likeness (QED) is 0.250. The van der Waals surface area contributed by atoms with E-state index in [0.717, 1.165) is 34.2 Å². The summed E-state index contributed by atoms with van der Waals surface area (Å²) in [4.78, 5) is 33.4. The van der Waals surface area contributed by atoms with Crippen molar-refractivity contribution >= 4 is 22.7 Å². The summed E-state index contributed by atoms with van der Waals surface area (Å²) in [6, 6.07) is 21.7. The van der Waals surface area contributed by atoms with Crippen molar-refractivity contribution in [1.82, 2.24) is 14.8 Å². The molecule has 4 rings (SSSR count). The van der Waals surface area contributed by atoms with Crippen LogP contribution in [0.5, 0.6) is 0 Å². The first-order chi connectivity index (χ1) is 18.6. The van der Waals surface area contributed by atoms with Crippen molar-refractivity contribution in [1.29, 1.82) is 0 Å². The average Bonchev–Trinajstić information content (AvgIpc) is 3.33. The number of aromatic amines is 1. The molecule has 0 fully saturated rings. The standard InChI is InChI=1S/C31H32F3N3O2/c1-22(2)19-37(30(39)24-12-14-26(15-13-24)31(32,33)34)21-29(38)36(20-23-8-4-3-5-9-23)17-16-25-18-35-28-11-7-6-10-27(25)28/h3-15,18,22,35H,16-17,19-21H2,1-2H3. The molecule has 1 aromatic heterocycles. The molecule has 0 radical (unpaired) electrons. The van der Waals surface area contributed by atoms with E-state index in [4.69, 9.17) is 0 Å². The minimum atomic E-state index is -4.49. The highest BCUT2D eigenvalue weighted by Crippen LogP contribution is 2.29. The lowest BCUT2D eigenvalue weighted by atomic mass is 10.1. The molecule has 3 aromatic carbocycles. The van der Waals surface area contributed by atoms with Crippen molar-refractivity contribution in [2.75, 3.05) is 19.6 Å². The van der Waals surface area contributed by atoms with Crippen LogP contribution in [-0.4, -0.2) is 46.2 Å². The Morgan fingerprint density at radius 2 is 1.54 bits per heavy atom. The number of aromatic nitrogens is 1. The van der Waals surface area contributed by atoms with Gasteiger partial charge in [0.05, 0.1) is 5.56 Å². The highest BCUT2D eigenvalue weighted by molar-refractivity contribution is 5.96. The van der Waals surface area contributed by atoms with E-state index in [1.165, 1.54) is 17.0 Å². The number of rotatable bonds is 10. The Kier molecular flexibility index (Phi) is 8.74. The molecule has 0 saturated heterocycles. The Morgan fingerprint density at radius 1 is 0.872 bits per heavy atom. The first-order valence-corrected chi connectivity index (χ1v) is 12.9. The summed E-state index contributed by atoms with van der Waals surface area (Å²) in [6.45, 7) is 4.81. The van der Waals surface area contributed by atoms with Crippen LogP contribution in [0.15, 0.2) is 85.1 Å². The van der Waals surface area contributed by atoms with Crippen molar-refractivity contribution in [3.8, 4) is 0 Å². The molecule has 5 nitrogen and oxygen atoms in total. The van der Waals surface area contributed by atoms with Gasteiger partial charge in [-0.05, 0) is 53.8 Å². The van der Waals surface area contributed by atoms with E-state index in [9.17, 15) is 22.8 Å². The van der Waals surface area contributed by atoms with E-state index in [1.807, 2.05) is 74.6 Å². The molecule has 0 spiro atoms. The number of halogens is 3. The molecule has 0 bridgehead atoms. The fourth-order valence-corrected chi connectivity index (χ4v) is 4.60. The second-order valence-electron chi connectivity index (χ2n) is 10.1. The Labute approximate surface area is 226 Å². The Balaban J connectivity index is 1.54. The summed E-state index contributed by atoms with van der Waals surface area (Å²) in [5, 5.41) is 1.10. The van der Waals surface area contributed by atoms with Gasteiger partial charge in [0.2, 0.25) is 5.91 Å². The van der Waals surface area contributed by atoms with Gasteiger partial charge in [-0.1, -0.05) is 62.4 Å². The molecular weight excluding hydrogens is 503 g/mol. The molecule has 0 aliphatic heterocycles. The van der Waals surface area contributed by atoms with Crippen LogP contribution in [0.4, 0.5) is 13.2 Å². The molecule has 1 N–H and O–H groups in total. The maximum atomic E-state index is 13.7. The molecule has 4 aromatic rings. The number of H-pyrrole nitrogens is 1. The van der Waals surface area contributed by atoms with E-state index in [1.54, 1.807) is 4.90 Å². The maximum absolute atomic E-state index is 13.7. The summed E-state index contributed by atoms with van der Waals surface area (Å²) in [6.07, 6.45) is -1.91. The van der Waals surface area contributed by atoms with Gasteiger partial charge in [-0.2, -0.15) is 13.2 Å². The summed E-state index contributed by atoms with van der Waals surface area (Å²) in [5.41, 5.74) is 2.38. The predicted octanol–water partition coefficient (Wildman–Crippen LogP) is 6.56. The Bertz CT molecular complexity index is 1400. The topological polar surface area (TPSA) is 56.4 Å². The third-order valence-electron chi connectivity index (χ3n) is 6.55. The van der Waals surface area contributed by atoms with Crippen molar-refractivity contribution < 1.29 is 22.8 Å². The van der Waals surface area contributed by atoms with E-state index in [2.05, 4.69) is 4.98 Å². The van der Waals surface area contributed by atoms with Gasteiger partial charge in [0.1, 0.15) is 6.54 Å². The first kappa shape index (κ1) is 28.0. The van der Waals surface area contributed by atoms with Crippen LogP contribution in [-0.2, 0) is 23.9 Å². The van der Waals surface area contributed by atoms with Gasteiger partial charge < -0.3 is 14.8 Å². The number of carbonyl (C=O) groups excluding carboxylic acids is 2. The highest BCUT2D eigenvalue weighted by Gasteiger charge is 2.31. The second kappa shape index (κ2) is 12.2. The minimum Gasteiger partial charge on any atom is -0.361 e. The van der Waals surface area contributed by atoms with Crippen molar-refractivity contribution in [3.05, 3.63) is 107 Å². The zero-order chi connectivity index (χ0) is 28.0. The molecule has 39 heavy (non-hydrogen) atoms. The van der Waals surface area contributed by atoms with Crippen LogP contribution < -0.4 is 0 Å². The lowest BCUT2D eigenvalue weighted by molar-refractivity contribution is -0.137. The molecular formula is C31H32F3N3O2. The van der Waals surface area contributed by atoms with E-state index >= 15 is 0 Å². The molecule has 0 unspecified atom stereocenters. The number of hydrogen-bond acceptors (Lipinski definition) is 2. The van der Waals surface area contributed by atoms with Gasteiger partial charge in [-0.3, -0.25) is 9.59 Å². The highest BCUT2D eigenvalue weighted by atomic mass is 19.4. The smallest absolute Gasteiger partial charge is 0.361 e. The fraction of sp³-hybridized carbons (Fsp3) is 0.290. The van der Waals surface area contributed by atoms with Crippen LogP contribution in [0.25, 0.3) is 10.9 Å². The Hall–Kier alpha value is -4.07. The lowest BCUT2D eigenvalue weighted by Crippen LogP contribution is -2.44. The Morgan fingerprint density at radius 3 is 2.21 bits per heavy atom. The number of benzene rings is 3. The summed E-state index contributed by atoms with van der Waals surface area (Å²) in [5.74, 6) is -0.633. The van der Waals surface area contributed by atoms with Crippen molar-refractivity contribution in [3.63, 3.8) is 0 Å². The summed E-state index contributed by atoms with van der Waals surface area (Å²) < 4.78 is 39.0. The van der Waals surface area contributed by atoms with Gasteiger partial charge in [0.15, 0.2) is 0 Å². The number of alkyl halides is 3. The van der Waals surface area contributed by atoms with Gasteiger partial charge in [0.25, 0.3) is 5.91 Å². The van der Waals surface area contributed by atoms with Crippen LogP contribution in [0.2, 0.25) is 0 Å². The maximum Gasteiger partial charge on any atom is 0.416 e. The van der Waals surface area contributed by atoms with E-state index in [0.29, 0.717) is 26.1 Å². The molecule has 2 amide bonds. The van der Waals surface area contributed by atoms with E-state index in [-0.39, 0.29) is 23.9 Å². The molecule has 0 aliphatic carbocycles. The molecule has 1 heterocycles. The van der Waals surface area contributed by atoms with Gasteiger partial charge in [0, 0.05) is 42.3 Å². The van der Waals surface area contributed by atoms with Crippen LogP contribution in [0.1, 0.15) is 40.9 Å². The normalized spacial score (nSPS) is 11.6. The first-order valence-electron chi connectivity index (χ1n) is 12.9. The summed E-state index contributed by atoms with van der Waals surface area (Å²) >= 11 is 0. The number of fused-ring (bicyclic) bond motifs is 1. The molecule has 0 saturated carbocycles. The van der Waals surface area contributed by atoms with Gasteiger partial charge >= 0.3 is 6.18 Å². The van der Waals surface area contributed by atoms with Crippen molar-refractivity contribution in [2.24, 2.45) is 5.92 Å². The van der Waals surface area contributed by atoms with Crippen LogP contribution in [0.3, 0.4) is 0 Å². The van der Waals surface area contributed by atoms with Crippen LogP contribution in [0, 0.1) is 5.92 Å². The number of nitrogens with one attached hydrogen (secondary N) is 1. The molecule has 0 aliphatic rings. The monoisotopic (exact) mass is 535 g/mol. The summed E-state index contributed by atoms with van der Waals surface area (Å²) in [7, 11) is 0. The third-order valence-corrected chi connectivity index (χ3v) is 6.55. The zero-order valence-corrected chi connectivity index (χ0v) is 22.0. The zero-order valence-electron chi connectivity index (χ0n) is 22.0. The molecule has 8 heteroatoms. The number of carbonyl (C=O) groups is 2. The number of amides is 2. The van der Waals surface area contributed by atoms with Crippen LogP contribution >= 0.6 is 0 Å². The molecule has 0 atom stereocenters. The number of para-hydroxylation sites is 1. The van der Waals surface area contributed by atoms with E-state index < -0.39 is 17.6 Å². The fourth-order valence-electron chi connectivity index (χ4n) is 4.60. The minimum absolute atomic E-state index is 0.0602. The number of nitrogens with zero attached hydrogens (tertiary/aromatic N) is 2. The van der Waals surface area contributed by atoms with Gasteiger partial charge in [-0.25, -0.2) is 0 Å². The lowest BCUT2D eigenvalue weighted by Gasteiger charge is -2.29. The third kappa shape index (κ3) is 7.28. The SMILES string of the molecule is CC(C)CN(CC(=O)N(CCc1c[nH]c2ccccc12)Cc1ccccc1)C(=O)c1ccc(C(F)(F)F)cc1. The van der Waals surface area contributed by atoms with Gasteiger partial charge in [-0.15, -0.1) is 0 Å². The molecule has 204 valence electrons.